The minimum Gasteiger partial charge on any atom is -0.477 e. The first-order valence-corrected chi connectivity index (χ1v) is 36.4. The highest BCUT2D eigenvalue weighted by molar-refractivity contribution is 5.71. The SMILES string of the molecule is CC/C=C\C/C=C\C/C=C\C/C=C\C/C=C\C/C=C\C/C=C\CCCCCCCCCCCCCC(=O)OC(COC(=O)CCCCCCCCCCCCCCCCCCC/C=C\CCCCCCCCCC)COC(OCC[N+](C)(C)C)C(=O)O. The second kappa shape index (κ2) is 68.1. The zero-order valence-corrected chi connectivity index (χ0v) is 57.4. The maximum absolute atomic E-state index is 13.0. The summed E-state index contributed by atoms with van der Waals surface area (Å²) in [7, 11) is 5.98. The van der Waals surface area contributed by atoms with Crippen LogP contribution in [0.2, 0.25) is 0 Å². The van der Waals surface area contributed by atoms with E-state index in [4.69, 9.17) is 18.9 Å². The Morgan fingerprint density at radius 3 is 0.989 bits per heavy atom. The van der Waals surface area contributed by atoms with E-state index >= 15 is 0 Å². The van der Waals surface area contributed by atoms with Crippen LogP contribution in [0.25, 0.3) is 0 Å². The first-order chi connectivity index (χ1) is 42.6. The Labute approximate surface area is 537 Å². The first kappa shape index (κ1) is 83.2. The number of nitrogens with zero attached hydrogens (tertiary/aromatic N) is 1. The van der Waals surface area contributed by atoms with Crippen molar-refractivity contribution in [1.82, 2.24) is 0 Å². The van der Waals surface area contributed by atoms with E-state index in [1.54, 1.807) is 0 Å². The van der Waals surface area contributed by atoms with Crippen molar-refractivity contribution >= 4 is 17.9 Å². The van der Waals surface area contributed by atoms with Gasteiger partial charge in [0.15, 0.2) is 6.10 Å². The van der Waals surface area contributed by atoms with Crippen molar-refractivity contribution < 1.29 is 42.9 Å². The number of aliphatic carboxylic acids is 1. The van der Waals surface area contributed by atoms with Gasteiger partial charge in [0.05, 0.1) is 34.4 Å². The standard InChI is InChI=1S/C78H137NO8/c1-6-8-10-12-14-16-18-20-22-24-26-28-30-32-34-36-37-38-39-41-43-45-47-49-51-53-55-57-59-61-63-65-67-69-76(81)87-74(73-86-78(77(82)83)84-71-70-79(3,4)5)72-85-75(80)68-66-64-62-60-58-56-54-52-50-48-46-44-42-40-35-33-31-29-27-25-23-21-19-17-15-13-11-9-7-2/h8,10,14,16,20,22,25-28,32,34,37-38,41,43,74,78H,6-7,9,11-13,15,17-19,21,23-24,29-31,33,35-36,39-40,42,44-73H2,1-5H3/p+1/b10-8-,16-14-,22-20-,27-25-,28-26-,34-32-,38-37-,43-41-. The molecule has 0 saturated carbocycles. The van der Waals surface area contributed by atoms with Crippen LogP contribution in [-0.4, -0.2) is 87.4 Å². The average Bonchev–Trinajstić information content (AvgIpc) is 3.59. The Balaban J connectivity index is 4.11. The van der Waals surface area contributed by atoms with Gasteiger partial charge in [-0.25, -0.2) is 4.79 Å². The maximum Gasteiger partial charge on any atom is 0.361 e. The molecule has 1 N–H and O–H groups in total. The molecule has 0 aliphatic rings. The quantitative estimate of drug-likeness (QED) is 0.0211. The van der Waals surface area contributed by atoms with Crippen LogP contribution in [0, 0.1) is 0 Å². The Kier molecular flexibility index (Phi) is 65.2. The van der Waals surface area contributed by atoms with Gasteiger partial charge in [-0.1, -0.05) is 310 Å². The van der Waals surface area contributed by atoms with Gasteiger partial charge in [-0.05, 0) is 96.3 Å². The lowest BCUT2D eigenvalue weighted by Crippen LogP contribution is -2.40. The summed E-state index contributed by atoms with van der Waals surface area (Å²) in [6.07, 6.45) is 91.0. The van der Waals surface area contributed by atoms with Gasteiger partial charge >= 0.3 is 17.9 Å². The molecule has 0 bridgehead atoms. The Morgan fingerprint density at radius 1 is 0.356 bits per heavy atom. The third-order valence-corrected chi connectivity index (χ3v) is 15.8. The van der Waals surface area contributed by atoms with Crippen LogP contribution in [0.3, 0.4) is 0 Å². The van der Waals surface area contributed by atoms with Crippen LogP contribution in [-0.2, 0) is 33.3 Å². The fraction of sp³-hybridized carbons (Fsp3) is 0.756. The fourth-order valence-corrected chi connectivity index (χ4v) is 10.3. The number of carboxylic acid groups (broad SMARTS) is 1. The lowest BCUT2D eigenvalue weighted by Gasteiger charge is -2.25. The van der Waals surface area contributed by atoms with Crippen molar-refractivity contribution in [3.63, 3.8) is 0 Å². The molecule has 87 heavy (non-hydrogen) atoms. The Morgan fingerprint density at radius 2 is 0.655 bits per heavy atom. The third-order valence-electron chi connectivity index (χ3n) is 15.8. The molecule has 9 nitrogen and oxygen atoms in total. The van der Waals surface area contributed by atoms with E-state index in [9.17, 15) is 19.5 Å². The molecule has 0 heterocycles. The van der Waals surface area contributed by atoms with Crippen LogP contribution >= 0.6 is 0 Å². The highest BCUT2D eigenvalue weighted by Gasteiger charge is 2.25. The molecule has 0 fully saturated rings. The van der Waals surface area contributed by atoms with Crippen molar-refractivity contribution in [2.24, 2.45) is 0 Å². The minimum atomic E-state index is -1.52. The number of hydrogen-bond donors (Lipinski definition) is 1. The molecule has 0 radical (unpaired) electrons. The Hall–Kier alpha value is -3.79. The van der Waals surface area contributed by atoms with E-state index in [0.29, 0.717) is 23.9 Å². The summed E-state index contributed by atoms with van der Waals surface area (Å²) in [5, 5.41) is 9.76. The average molecular weight is 1220 g/mol. The number of quaternary nitrogens is 1. The number of carboxylic acids is 1. The lowest BCUT2D eigenvalue weighted by atomic mass is 10.0. The van der Waals surface area contributed by atoms with Crippen LogP contribution in [0.4, 0.5) is 0 Å². The van der Waals surface area contributed by atoms with Gasteiger partial charge in [-0.3, -0.25) is 9.59 Å². The van der Waals surface area contributed by atoms with Gasteiger partial charge < -0.3 is 28.5 Å². The fourth-order valence-electron chi connectivity index (χ4n) is 10.3. The molecule has 0 aromatic heterocycles. The highest BCUT2D eigenvalue weighted by atomic mass is 16.7. The van der Waals surface area contributed by atoms with E-state index < -0.39 is 24.3 Å². The number of likely N-dealkylation sites (N-methyl/N-ethyl adjacent to an activating group) is 1. The third kappa shape index (κ3) is 69.5. The molecule has 2 unspecified atom stereocenters. The molecule has 2 atom stereocenters. The molecule has 0 amide bonds. The first-order valence-electron chi connectivity index (χ1n) is 36.4. The number of rotatable bonds is 67. The molecule has 0 rings (SSSR count). The van der Waals surface area contributed by atoms with E-state index in [2.05, 4.69) is 111 Å². The van der Waals surface area contributed by atoms with Crippen LogP contribution in [0.5, 0.6) is 0 Å². The molecular weight excluding hydrogens is 1080 g/mol. The van der Waals surface area contributed by atoms with E-state index in [1.807, 2.05) is 21.1 Å². The summed E-state index contributed by atoms with van der Waals surface area (Å²) < 4.78 is 23.0. The Bertz CT molecular complexity index is 1750. The van der Waals surface area contributed by atoms with E-state index in [1.165, 1.54) is 199 Å². The van der Waals surface area contributed by atoms with Crippen molar-refractivity contribution in [2.45, 2.75) is 334 Å². The number of allylic oxidation sites excluding steroid dienone is 16. The lowest BCUT2D eigenvalue weighted by molar-refractivity contribution is -0.870. The predicted molar refractivity (Wildman–Crippen MR) is 373 cm³/mol. The van der Waals surface area contributed by atoms with Gasteiger partial charge in [0.1, 0.15) is 13.2 Å². The predicted octanol–water partition coefficient (Wildman–Crippen LogP) is 22.8. The number of unbranched alkanes of at least 4 members (excludes halogenated alkanes) is 36. The van der Waals surface area contributed by atoms with Gasteiger partial charge in [-0.2, -0.15) is 0 Å². The van der Waals surface area contributed by atoms with Crippen LogP contribution in [0.1, 0.15) is 322 Å². The molecule has 0 aromatic carbocycles. The molecule has 9 heteroatoms. The summed E-state index contributed by atoms with van der Waals surface area (Å²) in [5.41, 5.74) is 0. The minimum absolute atomic E-state index is 0.184. The van der Waals surface area contributed by atoms with Crippen LogP contribution in [0.15, 0.2) is 97.2 Å². The maximum atomic E-state index is 13.0. The van der Waals surface area contributed by atoms with Crippen molar-refractivity contribution in [3.8, 4) is 0 Å². The molecule has 0 aliphatic carbocycles. The number of ether oxygens (including phenoxy) is 4. The van der Waals surface area contributed by atoms with Gasteiger partial charge in [0.25, 0.3) is 6.29 Å². The summed E-state index contributed by atoms with van der Waals surface area (Å²) in [6, 6.07) is 0. The zero-order chi connectivity index (χ0) is 63.3. The van der Waals surface area contributed by atoms with Crippen molar-refractivity contribution in [3.05, 3.63) is 97.2 Å². The highest BCUT2D eigenvalue weighted by Crippen LogP contribution is 2.18. The largest absolute Gasteiger partial charge is 0.477 e. The number of esters is 2. The molecule has 0 aromatic rings. The molecule has 0 spiro atoms. The summed E-state index contributed by atoms with van der Waals surface area (Å²) in [4.78, 5) is 37.7. The van der Waals surface area contributed by atoms with Gasteiger partial charge in [0, 0.05) is 12.8 Å². The van der Waals surface area contributed by atoms with Crippen LogP contribution < -0.4 is 0 Å². The summed E-state index contributed by atoms with van der Waals surface area (Å²) in [6.45, 7) is 4.79. The van der Waals surface area contributed by atoms with E-state index in [0.717, 1.165) is 89.9 Å². The molecule has 0 aliphatic heterocycles. The number of hydrogen-bond acceptors (Lipinski definition) is 7. The second-order valence-electron chi connectivity index (χ2n) is 25.5. The monoisotopic (exact) mass is 1220 g/mol. The summed E-state index contributed by atoms with van der Waals surface area (Å²) >= 11 is 0. The van der Waals surface area contributed by atoms with Gasteiger partial charge in [-0.15, -0.1) is 0 Å². The normalized spacial score (nSPS) is 13.3. The summed E-state index contributed by atoms with van der Waals surface area (Å²) in [5.74, 6) is -2.00. The topological polar surface area (TPSA) is 108 Å². The van der Waals surface area contributed by atoms with Crippen molar-refractivity contribution in [2.75, 3.05) is 47.5 Å². The molecule has 0 saturated heterocycles. The molecular formula is C78H138NO8+. The second-order valence-corrected chi connectivity index (χ2v) is 25.5. The number of carbonyl (C=O) groups excluding carboxylic acids is 2. The van der Waals surface area contributed by atoms with Gasteiger partial charge in [0.2, 0.25) is 0 Å². The number of carbonyl (C=O) groups is 3. The van der Waals surface area contributed by atoms with Crippen molar-refractivity contribution in [1.29, 1.82) is 0 Å². The molecule has 502 valence electrons. The smallest absolute Gasteiger partial charge is 0.361 e. The van der Waals surface area contributed by atoms with E-state index in [-0.39, 0.29) is 32.2 Å². The zero-order valence-electron chi connectivity index (χ0n) is 57.4.